The third-order valence-electron chi connectivity index (χ3n) is 1.47. The Balaban J connectivity index is 0.00000121. The van der Waals surface area contributed by atoms with Gasteiger partial charge in [-0.2, -0.15) is 0 Å². The number of carbonyl (C=O) groups excluding carboxylic acids is 1. The Hall–Kier alpha value is -1.31. The summed E-state index contributed by atoms with van der Waals surface area (Å²) in [5, 5.41) is 2.57. The predicted octanol–water partition coefficient (Wildman–Crippen LogP) is 1.42. The molecule has 1 amide bonds. The number of rotatable bonds is 1. The van der Waals surface area contributed by atoms with E-state index >= 15 is 0 Å². The highest BCUT2D eigenvalue weighted by molar-refractivity contribution is 5.96. The normalized spacial score (nSPS) is 15.5. The number of allylic oxidation sites excluding steroid dienone is 4. The minimum atomic E-state index is -0.0344. The summed E-state index contributed by atoms with van der Waals surface area (Å²) in [6.45, 7) is 0. The zero-order chi connectivity index (χ0) is 8.10. The Morgan fingerprint density at radius 1 is 1.64 bits per heavy atom. The molecule has 1 aliphatic rings. The molecular weight excluding hydrogens is 138 g/mol. The van der Waals surface area contributed by atoms with Crippen LogP contribution < -0.4 is 5.32 Å². The van der Waals surface area contributed by atoms with Crippen LogP contribution in [0, 0.1) is 0 Å². The lowest BCUT2D eigenvalue weighted by molar-refractivity contribution is -0.116. The third kappa shape index (κ3) is 2.08. The number of likely N-dealkylation sites (N-methyl/N-ethyl adjacent to an activating group) is 1. The van der Waals surface area contributed by atoms with Gasteiger partial charge < -0.3 is 5.32 Å². The van der Waals surface area contributed by atoms with E-state index in [4.69, 9.17) is 0 Å². The van der Waals surface area contributed by atoms with Crippen molar-refractivity contribution in [2.24, 2.45) is 0 Å². The van der Waals surface area contributed by atoms with Crippen LogP contribution in [0.25, 0.3) is 0 Å². The van der Waals surface area contributed by atoms with Crippen LogP contribution in [0.2, 0.25) is 0 Å². The summed E-state index contributed by atoms with van der Waals surface area (Å²) in [5.41, 5.74) is 0.709. The molecule has 0 spiro atoms. The fourth-order valence-electron chi connectivity index (χ4n) is 0.875. The molecule has 0 heterocycles. The maximum absolute atomic E-state index is 11.1. The average Bonchev–Trinajstić information content (AvgIpc) is 2.30. The van der Waals surface area contributed by atoms with Crippen molar-refractivity contribution in [3.8, 4) is 0 Å². The summed E-state index contributed by atoms with van der Waals surface area (Å²) in [7, 11) is 1.63. The van der Waals surface area contributed by atoms with Crippen LogP contribution >= 0.6 is 0 Å². The zero-order valence-electron chi connectivity index (χ0n) is 6.50. The molecule has 0 fully saturated rings. The second-order valence-electron chi connectivity index (χ2n) is 2.27. The molecule has 11 heavy (non-hydrogen) atoms. The second kappa shape index (κ2) is 3.76. The molecule has 0 saturated carbocycles. The van der Waals surface area contributed by atoms with Crippen molar-refractivity contribution in [2.45, 2.75) is 6.42 Å². The number of amides is 1. The Bertz CT molecular complexity index is 241. The maximum atomic E-state index is 11.1. The van der Waals surface area contributed by atoms with E-state index in [9.17, 15) is 4.79 Å². The summed E-state index contributed by atoms with van der Waals surface area (Å²) in [6.07, 6.45) is 10.4. The van der Waals surface area contributed by atoms with Crippen molar-refractivity contribution in [3.63, 3.8) is 0 Å². The Morgan fingerprint density at radius 2 is 2.45 bits per heavy atom. The number of nitrogens with one attached hydrogen (secondary N) is 1. The Labute approximate surface area is 67.8 Å². The molecule has 0 bridgehead atoms. The summed E-state index contributed by atoms with van der Waals surface area (Å²) in [5.74, 6) is -0.0344. The highest BCUT2D eigenvalue weighted by atomic mass is 16.1. The monoisotopic (exact) mass is 151 g/mol. The van der Waals surface area contributed by atoms with E-state index in [1.54, 1.807) is 7.05 Å². The van der Waals surface area contributed by atoms with E-state index < -0.39 is 0 Å². The van der Waals surface area contributed by atoms with Crippen LogP contribution in [0.5, 0.6) is 0 Å². The van der Waals surface area contributed by atoms with Crippen LogP contribution in [0.1, 0.15) is 7.85 Å². The van der Waals surface area contributed by atoms with Crippen LogP contribution in [0.4, 0.5) is 0 Å². The van der Waals surface area contributed by atoms with Crippen molar-refractivity contribution in [2.75, 3.05) is 7.05 Å². The van der Waals surface area contributed by atoms with Crippen molar-refractivity contribution < 1.29 is 6.22 Å². The van der Waals surface area contributed by atoms with Gasteiger partial charge in [0, 0.05) is 14.0 Å². The minimum absolute atomic E-state index is 0. The van der Waals surface area contributed by atoms with Gasteiger partial charge in [0.25, 0.3) is 5.91 Å². The highest BCUT2D eigenvalue weighted by Gasteiger charge is 2.01. The van der Waals surface area contributed by atoms with Gasteiger partial charge in [-0.25, -0.2) is 0 Å². The fraction of sp³-hybridized carbons (Fsp3) is 0.222. The van der Waals surface area contributed by atoms with Crippen molar-refractivity contribution in [1.82, 2.24) is 5.32 Å². The van der Waals surface area contributed by atoms with Crippen LogP contribution in [-0.2, 0) is 4.79 Å². The molecule has 1 N–H and O–H groups in total. The molecule has 0 aromatic heterocycles. The van der Waals surface area contributed by atoms with Gasteiger partial charge in [-0.15, -0.1) is 0 Å². The molecule has 60 valence electrons. The first-order valence-electron chi connectivity index (χ1n) is 3.60. The first-order valence-corrected chi connectivity index (χ1v) is 3.60. The third-order valence-corrected chi connectivity index (χ3v) is 1.47. The topological polar surface area (TPSA) is 29.1 Å². The number of carbonyl (C=O) groups is 1. The van der Waals surface area contributed by atoms with Gasteiger partial charge in [0.2, 0.25) is 0 Å². The van der Waals surface area contributed by atoms with Crippen molar-refractivity contribution in [1.29, 1.82) is 0 Å². The second-order valence-corrected chi connectivity index (χ2v) is 2.27. The van der Waals surface area contributed by atoms with Gasteiger partial charge in [-0.3, -0.25) is 4.79 Å². The molecule has 0 saturated heterocycles. The van der Waals surface area contributed by atoms with E-state index in [-0.39, 0.29) is 7.33 Å². The zero-order valence-corrected chi connectivity index (χ0v) is 6.50. The first kappa shape index (κ1) is 7.79. The maximum Gasteiger partial charge on any atom is 0.251 e. The quantitative estimate of drug-likeness (QED) is 0.603. The lowest BCUT2D eigenvalue weighted by atomic mass is 10.2. The van der Waals surface area contributed by atoms with E-state index in [0.29, 0.717) is 5.57 Å². The summed E-state index contributed by atoms with van der Waals surface area (Å²) in [6, 6.07) is 0. The SMILES string of the molecule is CNC(=O)C1=CC=CCC=C1.[HH]. The molecule has 2 heteroatoms. The van der Waals surface area contributed by atoms with Crippen LogP contribution in [-0.4, -0.2) is 13.0 Å². The summed E-state index contributed by atoms with van der Waals surface area (Å²) < 4.78 is 0. The average molecular weight is 151 g/mol. The Kier molecular flexibility index (Phi) is 2.66. The number of hydrogen-bond acceptors (Lipinski definition) is 1. The lowest BCUT2D eigenvalue weighted by Gasteiger charge is -1.96. The largest absolute Gasteiger partial charge is 0.355 e. The molecule has 0 unspecified atom stereocenters. The molecule has 0 aromatic carbocycles. The minimum Gasteiger partial charge on any atom is -0.355 e. The molecule has 2 nitrogen and oxygen atoms in total. The summed E-state index contributed by atoms with van der Waals surface area (Å²) in [4.78, 5) is 11.1. The van der Waals surface area contributed by atoms with Gasteiger partial charge >= 0.3 is 0 Å². The summed E-state index contributed by atoms with van der Waals surface area (Å²) >= 11 is 0. The fourth-order valence-corrected chi connectivity index (χ4v) is 0.875. The smallest absolute Gasteiger partial charge is 0.251 e. The van der Waals surface area contributed by atoms with Gasteiger partial charge in [0.15, 0.2) is 0 Å². The van der Waals surface area contributed by atoms with Crippen molar-refractivity contribution >= 4 is 5.91 Å². The first-order chi connectivity index (χ1) is 5.34. The van der Waals surface area contributed by atoms with E-state index in [0.717, 1.165) is 6.42 Å². The highest BCUT2D eigenvalue weighted by Crippen LogP contribution is 2.03. The predicted molar refractivity (Wildman–Crippen MR) is 47.2 cm³/mol. The van der Waals surface area contributed by atoms with Gasteiger partial charge in [0.05, 0.1) is 0 Å². The molecule has 1 rings (SSSR count). The molecule has 0 aromatic rings. The molecule has 1 aliphatic carbocycles. The molecule has 0 radical (unpaired) electrons. The molecular formula is C9H13NO. The van der Waals surface area contributed by atoms with E-state index in [1.807, 2.05) is 30.4 Å². The van der Waals surface area contributed by atoms with Crippen molar-refractivity contribution in [3.05, 3.63) is 36.0 Å². The number of hydrogen-bond donors (Lipinski definition) is 1. The van der Waals surface area contributed by atoms with Gasteiger partial charge in [-0.05, 0) is 12.5 Å². The van der Waals surface area contributed by atoms with Crippen LogP contribution in [0.3, 0.4) is 0 Å². The molecule has 0 aliphatic heterocycles. The van der Waals surface area contributed by atoms with Gasteiger partial charge in [-0.1, -0.05) is 24.3 Å². The van der Waals surface area contributed by atoms with E-state index in [2.05, 4.69) is 5.32 Å². The van der Waals surface area contributed by atoms with Gasteiger partial charge in [0.1, 0.15) is 0 Å². The Morgan fingerprint density at radius 3 is 3.18 bits per heavy atom. The standard InChI is InChI=1S/C9H11NO.H2/c1-10-9(11)8-6-4-2-3-5-7-8;/h2,4-7H,3H2,1H3,(H,10,11);1H. The van der Waals surface area contributed by atoms with Crippen LogP contribution in [0.15, 0.2) is 36.0 Å². The molecule has 0 atom stereocenters. The van der Waals surface area contributed by atoms with E-state index in [1.165, 1.54) is 0 Å². The lowest BCUT2D eigenvalue weighted by Crippen LogP contribution is -2.18.